The molecule has 4 aromatic rings. The predicted octanol–water partition coefficient (Wildman–Crippen LogP) is 2.99. The van der Waals surface area contributed by atoms with Crippen LogP contribution in [0.1, 0.15) is 11.3 Å². The first-order chi connectivity index (χ1) is 15.8. The van der Waals surface area contributed by atoms with Crippen LogP contribution >= 0.6 is 0 Å². The van der Waals surface area contributed by atoms with E-state index in [1.807, 2.05) is 0 Å². The number of benzene rings is 2. The summed E-state index contributed by atoms with van der Waals surface area (Å²) >= 11 is 0. The standard InChI is InChI=1S/C24H20FN3O4S/c1-16-7-12-20-23(30)21(33(31,32)19-5-3-2-4-6-19)14-28(24(20)27-16)15-22(29)26-13-17-8-10-18(25)11-9-17/h2-12,14H,13,15H2,1H3,(H,26,29). The van der Waals surface area contributed by atoms with Crippen molar-refractivity contribution in [2.75, 3.05) is 0 Å². The van der Waals surface area contributed by atoms with Crippen LogP contribution in [-0.4, -0.2) is 23.9 Å². The highest BCUT2D eigenvalue weighted by Crippen LogP contribution is 2.20. The van der Waals surface area contributed by atoms with Crippen LogP contribution in [-0.2, 0) is 27.7 Å². The molecule has 1 N–H and O–H groups in total. The van der Waals surface area contributed by atoms with Gasteiger partial charge in [0.05, 0.1) is 10.3 Å². The monoisotopic (exact) mass is 465 g/mol. The third-order valence-electron chi connectivity index (χ3n) is 5.09. The number of pyridine rings is 2. The summed E-state index contributed by atoms with van der Waals surface area (Å²) in [5.41, 5.74) is 0.852. The highest BCUT2D eigenvalue weighted by atomic mass is 32.2. The Hall–Kier alpha value is -3.85. The summed E-state index contributed by atoms with van der Waals surface area (Å²) in [6.07, 6.45) is 1.16. The van der Waals surface area contributed by atoms with E-state index in [0.717, 1.165) is 6.20 Å². The lowest BCUT2D eigenvalue weighted by Gasteiger charge is -2.14. The number of carbonyl (C=O) groups is 1. The average molecular weight is 466 g/mol. The van der Waals surface area contributed by atoms with E-state index in [1.54, 1.807) is 43.3 Å². The second-order valence-corrected chi connectivity index (χ2v) is 9.41. The van der Waals surface area contributed by atoms with Crippen LogP contribution in [0.15, 0.2) is 87.5 Å². The Bertz CT molecular complexity index is 1500. The highest BCUT2D eigenvalue weighted by molar-refractivity contribution is 7.91. The van der Waals surface area contributed by atoms with E-state index in [4.69, 9.17) is 0 Å². The second-order valence-electron chi connectivity index (χ2n) is 7.49. The maximum atomic E-state index is 13.2. The minimum absolute atomic E-state index is 0.0196. The third kappa shape index (κ3) is 4.68. The Balaban J connectivity index is 1.73. The fraction of sp³-hybridized carbons (Fsp3) is 0.125. The normalized spacial score (nSPS) is 11.5. The number of amides is 1. The quantitative estimate of drug-likeness (QED) is 0.472. The number of nitrogens with one attached hydrogen (secondary N) is 1. The molecule has 0 atom stereocenters. The second kappa shape index (κ2) is 8.95. The Morgan fingerprint density at radius 1 is 1.03 bits per heavy atom. The van der Waals surface area contributed by atoms with Crippen molar-refractivity contribution in [2.45, 2.75) is 29.8 Å². The van der Waals surface area contributed by atoms with Crippen molar-refractivity contribution in [3.8, 4) is 0 Å². The van der Waals surface area contributed by atoms with Crippen molar-refractivity contribution >= 4 is 26.8 Å². The Morgan fingerprint density at radius 2 is 1.73 bits per heavy atom. The number of fused-ring (bicyclic) bond motifs is 1. The molecule has 168 valence electrons. The van der Waals surface area contributed by atoms with E-state index in [-0.39, 0.29) is 34.8 Å². The van der Waals surface area contributed by atoms with Crippen molar-refractivity contribution < 1.29 is 17.6 Å². The summed E-state index contributed by atoms with van der Waals surface area (Å²) < 4.78 is 40.8. The Kier molecular flexibility index (Phi) is 6.06. The molecule has 7 nitrogen and oxygen atoms in total. The van der Waals surface area contributed by atoms with E-state index >= 15 is 0 Å². The first-order valence-electron chi connectivity index (χ1n) is 10.1. The molecule has 2 aromatic heterocycles. The molecule has 4 rings (SSSR count). The molecule has 0 unspecified atom stereocenters. The van der Waals surface area contributed by atoms with Crippen LogP contribution in [0.2, 0.25) is 0 Å². The van der Waals surface area contributed by atoms with Gasteiger partial charge in [0.1, 0.15) is 22.9 Å². The van der Waals surface area contributed by atoms with Gasteiger partial charge in [-0.05, 0) is 48.9 Å². The minimum atomic E-state index is -4.12. The van der Waals surface area contributed by atoms with Crippen molar-refractivity contribution in [3.63, 3.8) is 0 Å². The predicted molar refractivity (Wildman–Crippen MR) is 121 cm³/mol. The smallest absolute Gasteiger partial charge is 0.240 e. The zero-order valence-corrected chi connectivity index (χ0v) is 18.5. The van der Waals surface area contributed by atoms with Gasteiger partial charge in [-0.1, -0.05) is 30.3 Å². The lowest BCUT2D eigenvalue weighted by molar-refractivity contribution is -0.121. The Labute approximate surface area is 189 Å². The van der Waals surface area contributed by atoms with Crippen molar-refractivity contribution in [1.29, 1.82) is 0 Å². The van der Waals surface area contributed by atoms with Crippen molar-refractivity contribution in [2.24, 2.45) is 0 Å². The van der Waals surface area contributed by atoms with Gasteiger partial charge >= 0.3 is 0 Å². The summed E-state index contributed by atoms with van der Waals surface area (Å²) in [6, 6.07) is 16.5. The summed E-state index contributed by atoms with van der Waals surface area (Å²) in [5.74, 6) is -0.797. The van der Waals surface area contributed by atoms with Crippen LogP contribution in [0.5, 0.6) is 0 Å². The molecule has 0 aliphatic carbocycles. The summed E-state index contributed by atoms with van der Waals surface area (Å²) in [6.45, 7) is 1.64. The van der Waals surface area contributed by atoms with E-state index in [0.29, 0.717) is 11.3 Å². The third-order valence-corrected chi connectivity index (χ3v) is 6.85. The zero-order chi connectivity index (χ0) is 23.6. The maximum Gasteiger partial charge on any atom is 0.240 e. The number of nitrogens with zero attached hydrogens (tertiary/aromatic N) is 2. The molecule has 9 heteroatoms. The molecule has 33 heavy (non-hydrogen) atoms. The fourth-order valence-electron chi connectivity index (χ4n) is 3.39. The first kappa shape index (κ1) is 22.3. The van der Waals surface area contributed by atoms with Crippen molar-refractivity contribution in [1.82, 2.24) is 14.9 Å². The van der Waals surface area contributed by atoms with E-state index in [9.17, 15) is 22.4 Å². The van der Waals surface area contributed by atoms with Gasteiger partial charge in [-0.25, -0.2) is 17.8 Å². The number of hydrogen-bond donors (Lipinski definition) is 1. The SMILES string of the molecule is Cc1ccc2c(=O)c(S(=O)(=O)c3ccccc3)cn(CC(=O)NCc3ccc(F)cc3)c2n1. The number of sulfone groups is 1. The molecule has 2 aromatic carbocycles. The van der Waals surface area contributed by atoms with Gasteiger partial charge in [-0.2, -0.15) is 0 Å². The molecule has 0 saturated heterocycles. The Morgan fingerprint density at radius 3 is 2.42 bits per heavy atom. The molecular formula is C24H20FN3O4S. The molecule has 2 heterocycles. The van der Waals surface area contributed by atoms with Crippen LogP contribution in [0.3, 0.4) is 0 Å². The number of carbonyl (C=O) groups excluding carboxylic acids is 1. The number of aromatic nitrogens is 2. The molecular weight excluding hydrogens is 445 g/mol. The molecule has 0 saturated carbocycles. The van der Waals surface area contributed by atoms with Crippen molar-refractivity contribution in [3.05, 3.63) is 100 Å². The van der Waals surface area contributed by atoms with Gasteiger partial charge in [0.25, 0.3) is 0 Å². The number of halogens is 1. The number of hydrogen-bond acceptors (Lipinski definition) is 5. The van der Waals surface area contributed by atoms with Gasteiger partial charge in [0, 0.05) is 18.4 Å². The largest absolute Gasteiger partial charge is 0.350 e. The summed E-state index contributed by atoms with van der Waals surface area (Å²) in [5, 5.41) is 2.81. The molecule has 0 radical (unpaired) electrons. The summed E-state index contributed by atoms with van der Waals surface area (Å²) in [7, 11) is -4.12. The van der Waals surface area contributed by atoms with E-state index in [1.165, 1.54) is 34.9 Å². The van der Waals surface area contributed by atoms with Gasteiger partial charge in [-0.3, -0.25) is 9.59 Å². The van der Waals surface area contributed by atoms with Gasteiger partial charge in [0.15, 0.2) is 0 Å². The highest BCUT2D eigenvalue weighted by Gasteiger charge is 2.24. The molecule has 1 amide bonds. The van der Waals surface area contributed by atoms with Gasteiger partial charge in [-0.15, -0.1) is 0 Å². The lowest BCUT2D eigenvalue weighted by atomic mass is 10.2. The topological polar surface area (TPSA) is 98.1 Å². The fourth-order valence-corrected chi connectivity index (χ4v) is 4.77. The number of aryl methyl sites for hydroxylation is 1. The van der Waals surface area contributed by atoms with Crippen LogP contribution in [0, 0.1) is 12.7 Å². The van der Waals surface area contributed by atoms with Crippen LogP contribution in [0.4, 0.5) is 4.39 Å². The summed E-state index contributed by atoms with van der Waals surface area (Å²) in [4.78, 5) is 29.6. The average Bonchev–Trinajstić information content (AvgIpc) is 2.81. The van der Waals surface area contributed by atoms with Crippen LogP contribution < -0.4 is 10.7 Å². The van der Waals surface area contributed by atoms with Gasteiger partial charge in [0.2, 0.25) is 21.2 Å². The number of rotatable bonds is 6. The minimum Gasteiger partial charge on any atom is -0.350 e. The molecule has 0 aliphatic rings. The zero-order valence-electron chi connectivity index (χ0n) is 17.7. The molecule has 0 spiro atoms. The maximum absolute atomic E-state index is 13.2. The molecule has 0 fully saturated rings. The van der Waals surface area contributed by atoms with Gasteiger partial charge < -0.3 is 9.88 Å². The van der Waals surface area contributed by atoms with Crippen LogP contribution in [0.25, 0.3) is 11.0 Å². The first-order valence-corrected chi connectivity index (χ1v) is 11.6. The van der Waals surface area contributed by atoms with E-state index in [2.05, 4.69) is 10.3 Å². The molecule has 0 aliphatic heterocycles. The van der Waals surface area contributed by atoms with E-state index < -0.39 is 26.1 Å². The lowest BCUT2D eigenvalue weighted by Crippen LogP contribution is -2.29. The molecule has 0 bridgehead atoms.